The fourth-order valence-electron chi connectivity index (χ4n) is 1.36. The van der Waals surface area contributed by atoms with Crippen molar-refractivity contribution < 1.29 is 8.42 Å². The molecule has 0 spiro atoms. The largest absolute Gasteiger partial charge is 0.243 e. The van der Waals surface area contributed by atoms with Crippen molar-refractivity contribution in [2.24, 2.45) is 0 Å². The van der Waals surface area contributed by atoms with E-state index in [0.29, 0.717) is 18.0 Å². The summed E-state index contributed by atoms with van der Waals surface area (Å²) in [6.07, 6.45) is 0.864. The molecular formula is C10H13NO2S. The molecule has 2 rings (SSSR count). The van der Waals surface area contributed by atoms with E-state index < -0.39 is 10.0 Å². The molecule has 3 nitrogen and oxygen atoms in total. The van der Waals surface area contributed by atoms with E-state index in [2.05, 4.69) is 0 Å². The highest BCUT2D eigenvalue weighted by Crippen LogP contribution is 2.22. The first-order chi connectivity index (χ1) is 6.64. The Morgan fingerprint density at radius 1 is 1.36 bits per heavy atom. The summed E-state index contributed by atoms with van der Waals surface area (Å²) in [5.74, 6) is 0. The zero-order valence-electron chi connectivity index (χ0n) is 8.10. The molecule has 0 N–H and O–H groups in total. The number of aryl methyl sites for hydroxylation is 1. The molecule has 0 aliphatic carbocycles. The molecular weight excluding hydrogens is 198 g/mol. The lowest BCUT2D eigenvalue weighted by Gasteiger charge is -2.05. The SMILES string of the molecule is CCc1cccc(S(=O)(=O)N2CC2)c1. The van der Waals surface area contributed by atoms with Crippen molar-refractivity contribution in [1.29, 1.82) is 0 Å². The third-order valence-electron chi connectivity index (χ3n) is 2.35. The standard InChI is InChI=1S/C10H13NO2S/c1-2-9-4-3-5-10(8-9)14(12,13)11-6-7-11/h3-5,8H,2,6-7H2,1H3. The van der Waals surface area contributed by atoms with Crippen LogP contribution in [0.15, 0.2) is 29.2 Å². The minimum atomic E-state index is -3.17. The average Bonchev–Trinajstić information content (AvgIpc) is 3.01. The predicted molar refractivity (Wildman–Crippen MR) is 54.6 cm³/mol. The van der Waals surface area contributed by atoms with Crippen molar-refractivity contribution in [3.8, 4) is 0 Å². The van der Waals surface area contributed by atoms with Crippen LogP contribution < -0.4 is 0 Å². The van der Waals surface area contributed by atoms with Crippen LogP contribution in [0.3, 0.4) is 0 Å². The van der Waals surface area contributed by atoms with Crippen LogP contribution in [-0.2, 0) is 16.4 Å². The lowest BCUT2D eigenvalue weighted by Crippen LogP contribution is -2.11. The molecule has 0 radical (unpaired) electrons. The summed E-state index contributed by atoms with van der Waals surface area (Å²) in [5.41, 5.74) is 1.06. The molecule has 14 heavy (non-hydrogen) atoms. The molecule has 0 amide bonds. The molecule has 0 aromatic heterocycles. The Balaban J connectivity index is 2.40. The lowest BCUT2D eigenvalue weighted by molar-refractivity contribution is 0.563. The van der Waals surface area contributed by atoms with Crippen molar-refractivity contribution in [2.45, 2.75) is 18.2 Å². The van der Waals surface area contributed by atoms with Gasteiger partial charge in [0.2, 0.25) is 10.0 Å². The molecule has 1 aliphatic heterocycles. The van der Waals surface area contributed by atoms with Crippen LogP contribution in [0.5, 0.6) is 0 Å². The van der Waals surface area contributed by atoms with Gasteiger partial charge in [-0.2, -0.15) is 4.31 Å². The summed E-state index contributed by atoms with van der Waals surface area (Å²) in [6.45, 7) is 3.35. The van der Waals surface area contributed by atoms with Crippen molar-refractivity contribution in [3.05, 3.63) is 29.8 Å². The van der Waals surface area contributed by atoms with E-state index in [1.165, 1.54) is 4.31 Å². The monoisotopic (exact) mass is 211 g/mol. The van der Waals surface area contributed by atoms with E-state index in [0.717, 1.165) is 12.0 Å². The van der Waals surface area contributed by atoms with Gasteiger partial charge >= 0.3 is 0 Å². The van der Waals surface area contributed by atoms with Crippen LogP contribution in [-0.4, -0.2) is 25.8 Å². The highest BCUT2D eigenvalue weighted by Gasteiger charge is 2.33. The third-order valence-corrected chi connectivity index (χ3v) is 4.25. The summed E-state index contributed by atoms with van der Waals surface area (Å²) < 4.78 is 25.1. The summed E-state index contributed by atoms with van der Waals surface area (Å²) in [5, 5.41) is 0. The van der Waals surface area contributed by atoms with Crippen molar-refractivity contribution >= 4 is 10.0 Å². The average molecular weight is 211 g/mol. The molecule has 0 unspecified atom stereocenters. The van der Waals surface area contributed by atoms with Crippen LogP contribution >= 0.6 is 0 Å². The number of hydrogen-bond acceptors (Lipinski definition) is 2. The van der Waals surface area contributed by atoms with Crippen molar-refractivity contribution in [3.63, 3.8) is 0 Å². The van der Waals surface area contributed by atoms with Gasteiger partial charge in [0.1, 0.15) is 0 Å². The molecule has 1 fully saturated rings. The van der Waals surface area contributed by atoms with Gasteiger partial charge in [-0.1, -0.05) is 19.1 Å². The first-order valence-electron chi connectivity index (χ1n) is 4.73. The Labute approximate surface area is 84.4 Å². The first kappa shape index (κ1) is 9.68. The van der Waals surface area contributed by atoms with E-state index in [1.54, 1.807) is 18.2 Å². The van der Waals surface area contributed by atoms with Gasteiger partial charge in [0.15, 0.2) is 0 Å². The third kappa shape index (κ3) is 1.67. The van der Waals surface area contributed by atoms with E-state index in [9.17, 15) is 8.42 Å². The smallest absolute Gasteiger partial charge is 0.207 e. The second-order valence-electron chi connectivity index (χ2n) is 3.41. The fraction of sp³-hybridized carbons (Fsp3) is 0.400. The van der Waals surface area contributed by atoms with Gasteiger partial charge in [0.25, 0.3) is 0 Å². The topological polar surface area (TPSA) is 37.1 Å². The van der Waals surface area contributed by atoms with Gasteiger partial charge in [0, 0.05) is 13.1 Å². The molecule has 1 aromatic carbocycles. The van der Waals surface area contributed by atoms with Crippen LogP contribution in [0.25, 0.3) is 0 Å². The minimum absolute atomic E-state index is 0.425. The maximum absolute atomic E-state index is 11.8. The molecule has 0 bridgehead atoms. The fourth-order valence-corrected chi connectivity index (χ4v) is 2.77. The van der Waals surface area contributed by atoms with Gasteiger partial charge in [-0.05, 0) is 24.1 Å². The molecule has 1 aliphatic rings. The number of rotatable bonds is 3. The zero-order valence-corrected chi connectivity index (χ0v) is 8.92. The molecule has 1 heterocycles. The van der Waals surface area contributed by atoms with Gasteiger partial charge < -0.3 is 0 Å². The van der Waals surface area contributed by atoms with Gasteiger partial charge in [0.05, 0.1) is 4.90 Å². The second kappa shape index (κ2) is 3.37. The Bertz CT molecular complexity index is 435. The Morgan fingerprint density at radius 3 is 2.64 bits per heavy atom. The Hall–Kier alpha value is -0.870. The maximum atomic E-state index is 11.8. The van der Waals surface area contributed by atoms with Crippen molar-refractivity contribution in [1.82, 2.24) is 4.31 Å². The summed E-state index contributed by atoms with van der Waals surface area (Å²) in [4.78, 5) is 0.425. The van der Waals surface area contributed by atoms with Gasteiger partial charge in [-0.3, -0.25) is 0 Å². The van der Waals surface area contributed by atoms with Gasteiger partial charge in [-0.15, -0.1) is 0 Å². The van der Waals surface area contributed by atoms with E-state index in [1.807, 2.05) is 13.0 Å². The summed E-state index contributed by atoms with van der Waals surface area (Å²) >= 11 is 0. The Morgan fingerprint density at radius 2 is 2.07 bits per heavy atom. The number of nitrogens with zero attached hydrogens (tertiary/aromatic N) is 1. The molecule has 1 saturated heterocycles. The molecule has 0 atom stereocenters. The molecule has 4 heteroatoms. The molecule has 0 saturated carbocycles. The van der Waals surface area contributed by atoms with E-state index >= 15 is 0 Å². The van der Waals surface area contributed by atoms with E-state index in [4.69, 9.17) is 0 Å². The molecule has 1 aromatic rings. The van der Waals surface area contributed by atoms with Crippen LogP contribution in [0.4, 0.5) is 0 Å². The van der Waals surface area contributed by atoms with Crippen LogP contribution in [0.2, 0.25) is 0 Å². The van der Waals surface area contributed by atoms with Crippen LogP contribution in [0, 0.1) is 0 Å². The number of hydrogen-bond donors (Lipinski definition) is 0. The number of sulfonamides is 1. The Kier molecular flexibility index (Phi) is 2.33. The minimum Gasteiger partial charge on any atom is -0.207 e. The van der Waals surface area contributed by atoms with Crippen molar-refractivity contribution in [2.75, 3.05) is 13.1 Å². The molecule has 76 valence electrons. The summed E-state index contributed by atoms with van der Waals surface area (Å²) in [7, 11) is -3.17. The first-order valence-corrected chi connectivity index (χ1v) is 6.17. The van der Waals surface area contributed by atoms with Gasteiger partial charge in [-0.25, -0.2) is 8.42 Å². The zero-order chi connectivity index (χ0) is 10.2. The highest BCUT2D eigenvalue weighted by atomic mass is 32.2. The second-order valence-corrected chi connectivity index (χ2v) is 5.34. The maximum Gasteiger partial charge on any atom is 0.243 e. The van der Waals surface area contributed by atoms with Crippen LogP contribution in [0.1, 0.15) is 12.5 Å². The quantitative estimate of drug-likeness (QED) is 0.706. The predicted octanol–water partition coefficient (Wildman–Crippen LogP) is 1.25. The normalized spacial score (nSPS) is 16.9. The summed E-state index contributed by atoms with van der Waals surface area (Å²) in [6, 6.07) is 7.16. The highest BCUT2D eigenvalue weighted by molar-refractivity contribution is 7.89. The lowest BCUT2D eigenvalue weighted by atomic mass is 10.2. The van der Waals surface area contributed by atoms with E-state index in [-0.39, 0.29) is 0 Å². The number of benzene rings is 1.